The zero-order valence-electron chi connectivity index (χ0n) is 10.6. The standard InChI is InChI=1S/C11H22N2O3S/c1-3-9(12)7-17(15,16)8-11(14)13(4-2)10-5-6-10/h9-10H,3-8,12H2,1-2H3. The third-order valence-corrected chi connectivity index (χ3v) is 4.61. The highest BCUT2D eigenvalue weighted by Crippen LogP contribution is 2.26. The van der Waals surface area contributed by atoms with Gasteiger partial charge in [0.2, 0.25) is 5.91 Å². The molecular weight excluding hydrogens is 240 g/mol. The summed E-state index contributed by atoms with van der Waals surface area (Å²) in [5.74, 6) is -0.777. The number of carbonyl (C=O) groups is 1. The van der Waals surface area contributed by atoms with Gasteiger partial charge in [-0.1, -0.05) is 6.92 Å². The van der Waals surface area contributed by atoms with Crippen LogP contribution in [0.5, 0.6) is 0 Å². The van der Waals surface area contributed by atoms with Crippen LogP contribution >= 0.6 is 0 Å². The Kier molecular flexibility index (Phi) is 4.94. The number of sulfone groups is 1. The van der Waals surface area contributed by atoms with Gasteiger partial charge in [0, 0.05) is 18.6 Å². The van der Waals surface area contributed by atoms with E-state index in [-0.39, 0.29) is 23.7 Å². The second kappa shape index (κ2) is 5.82. The molecular formula is C11H22N2O3S. The number of amides is 1. The molecule has 6 heteroatoms. The van der Waals surface area contributed by atoms with E-state index in [4.69, 9.17) is 5.73 Å². The van der Waals surface area contributed by atoms with Crippen LogP contribution in [0.1, 0.15) is 33.1 Å². The number of nitrogens with zero attached hydrogens (tertiary/aromatic N) is 1. The number of nitrogens with two attached hydrogens (primary N) is 1. The van der Waals surface area contributed by atoms with Crippen molar-refractivity contribution < 1.29 is 13.2 Å². The van der Waals surface area contributed by atoms with Gasteiger partial charge in [-0.2, -0.15) is 0 Å². The Labute approximate surface area is 103 Å². The summed E-state index contributed by atoms with van der Waals surface area (Å²) in [4.78, 5) is 13.5. The van der Waals surface area contributed by atoms with Gasteiger partial charge in [-0.3, -0.25) is 4.79 Å². The third kappa shape index (κ3) is 4.63. The summed E-state index contributed by atoms with van der Waals surface area (Å²) >= 11 is 0. The normalized spacial score (nSPS) is 17.8. The minimum Gasteiger partial charge on any atom is -0.339 e. The minimum atomic E-state index is -3.37. The molecule has 0 aromatic heterocycles. The van der Waals surface area contributed by atoms with E-state index in [1.54, 1.807) is 4.90 Å². The molecule has 2 N–H and O–H groups in total. The van der Waals surface area contributed by atoms with Crippen LogP contribution in [0, 0.1) is 0 Å². The fraction of sp³-hybridized carbons (Fsp3) is 0.909. The zero-order valence-corrected chi connectivity index (χ0v) is 11.4. The molecule has 1 saturated carbocycles. The highest BCUT2D eigenvalue weighted by atomic mass is 32.2. The average molecular weight is 262 g/mol. The van der Waals surface area contributed by atoms with Crippen LogP contribution in [-0.2, 0) is 14.6 Å². The number of hydrogen-bond donors (Lipinski definition) is 1. The van der Waals surface area contributed by atoms with Gasteiger partial charge in [-0.15, -0.1) is 0 Å². The Balaban J connectivity index is 2.54. The molecule has 1 aliphatic rings. The summed E-state index contributed by atoms with van der Waals surface area (Å²) in [6.45, 7) is 4.30. The van der Waals surface area contributed by atoms with Gasteiger partial charge in [-0.25, -0.2) is 8.42 Å². The molecule has 1 unspecified atom stereocenters. The van der Waals surface area contributed by atoms with Crippen molar-refractivity contribution in [2.45, 2.75) is 45.2 Å². The lowest BCUT2D eigenvalue weighted by molar-refractivity contribution is -0.128. The molecule has 0 spiro atoms. The molecule has 1 amide bonds. The van der Waals surface area contributed by atoms with Crippen molar-refractivity contribution >= 4 is 15.7 Å². The number of hydrogen-bond acceptors (Lipinski definition) is 4. The molecule has 1 fully saturated rings. The molecule has 100 valence electrons. The quantitative estimate of drug-likeness (QED) is 0.708. The predicted molar refractivity (Wildman–Crippen MR) is 67.3 cm³/mol. The molecule has 0 saturated heterocycles. The molecule has 1 rings (SSSR count). The van der Waals surface area contributed by atoms with E-state index in [1.807, 2.05) is 13.8 Å². The Hall–Kier alpha value is -0.620. The van der Waals surface area contributed by atoms with Crippen molar-refractivity contribution in [3.05, 3.63) is 0 Å². The lowest BCUT2D eigenvalue weighted by atomic mass is 10.3. The first-order valence-corrected chi connectivity index (χ1v) is 7.97. The van der Waals surface area contributed by atoms with Crippen molar-refractivity contribution in [2.75, 3.05) is 18.1 Å². The molecule has 0 aliphatic heterocycles. The van der Waals surface area contributed by atoms with Gasteiger partial charge >= 0.3 is 0 Å². The van der Waals surface area contributed by atoms with Crippen LogP contribution in [0.4, 0.5) is 0 Å². The summed E-state index contributed by atoms with van der Waals surface area (Å²) < 4.78 is 23.5. The second-order valence-corrected chi connectivity index (χ2v) is 6.74. The van der Waals surface area contributed by atoms with E-state index in [9.17, 15) is 13.2 Å². The molecule has 0 aromatic carbocycles. The highest BCUT2D eigenvalue weighted by Gasteiger charge is 2.33. The van der Waals surface area contributed by atoms with Gasteiger partial charge in [0.1, 0.15) is 5.75 Å². The van der Waals surface area contributed by atoms with Crippen LogP contribution in [-0.4, -0.2) is 49.4 Å². The molecule has 0 heterocycles. The summed E-state index contributed by atoms with van der Waals surface area (Å²) in [5.41, 5.74) is 5.61. The third-order valence-electron chi connectivity index (χ3n) is 2.98. The lowest BCUT2D eigenvalue weighted by Gasteiger charge is -2.20. The fourth-order valence-corrected chi connectivity index (χ4v) is 3.35. The summed E-state index contributed by atoms with van der Waals surface area (Å²) in [5, 5.41) is 0. The molecule has 5 nitrogen and oxygen atoms in total. The fourth-order valence-electron chi connectivity index (χ4n) is 1.80. The van der Waals surface area contributed by atoms with Crippen molar-refractivity contribution in [3.8, 4) is 0 Å². The summed E-state index contributed by atoms with van der Waals surface area (Å²) in [7, 11) is -3.37. The molecule has 0 bridgehead atoms. The van der Waals surface area contributed by atoms with E-state index in [2.05, 4.69) is 0 Å². The lowest BCUT2D eigenvalue weighted by Crippen LogP contribution is -2.40. The van der Waals surface area contributed by atoms with E-state index in [0.717, 1.165) is 12.8 Å². The first-order chi connectivity index (χ1) is 7.89. The molecule has 17 heavy (non-hydrogen) atoms. The first-order valence-electron chi connectivity index (χ1n) is 6.15. The van der Waals surface area contributed by atoms with E-state index in [0.29, 0.717) is 13.0 Å². The molecule has 0 radical (unpaired) electrons. The monoisotopic (exact) mass is 262 g/mol. The van der Waals surface area contributed by atoms with Crippen LogP contribution in [0.3, 0.4) is 0 Å². The second-order valence-electron chi connectivity index (χ2n) is 4.63. The van der Waals surface area contributed by atoms with Gasteiger partial charge in [0.15, 0.2) is 9.84 Å². The molecule has 0 aromatic rings. The maximum Gasteiger partial charge on any atom is 0.238 e. The molecule has 1 aliphatic carbocycles. The van der Waals surface area contributed by atoms with E-state index < -0.39 is 15.6 Å². The zero-order chi connectivity index (χ0) is 13.1. The Morgan fingerprint density at radius 1 is 1.41 bits per heavy atom. The van der Waals surface area contributed by atoms with Gasteiger partial charge in [-0.05, 0) is 26.2 Å². The Morgan fingerprint density at radius 3 is 2.41 bits per heavy atom. The van der Waals surface area contributed by atoms with Crippen molar-refractivity contribution in [1.29, 1.82) is 0 Å². The van der Waals surface area contributed by atoms with Gasteiger partial charge in [0.25, 0.3) is 0 Å². The van der Waals surface area contributed by atoms with Crippen LogP contribution in [0.25, 0.3) is 0 Å². The summed E-state index contributed by atoms with van der Waals surface area (Å²) in [6.07, 6.45) is 2.59. The highest BCUT2D eigenvalue weighted by molar-refractivity contribution is 7.92. The first kappa shape index (κ1) is 14.4. The minimum absolute atomic E-state index is 0.0997. The topological polar surface area (TPSA) is 80.5 Å². The maximum absolute atomic E-state index is 11.8. The number of carbonyl (C=O) groups excluding carboxylic acids is 1. The number of rotatable bonds is 7. The Bertz CT molecular complexity index is 363. The van der Waals surface area contributed by atoms with E-state index >= 15 is 0 Å². The van der Waals surface area contributed by atoms with Crippen LogP contribution in [0.2, 0.25) is 0 Å². The van der Waals surface area contributed by atoms with Crippen molar-refractivity contribution in [2.24, 2.45) is 5.73 Å². The Morgan fingerprint density at radius 2 is 2.00 bits per heavy atom. The van der Waals surface area contributed by atoms with Gasteiger partial charge < -0.3 is 10.6 Å². The molecule has 1 atom stereocenters. The SMILES string of the molecule is CCC(N)CS(=O)(=O)CC(=O)N(CC)C1CC1. The largest absolute Gasteiger partial charge is 0.339 e. The average Bonchev–Trinajstić information content (AvgIpc) is 3.01. The summed E-state index contributed by atoms with van der Waals surface area (Å²) in [6, 6.07) is -0.105. The predicted octanol–water partition coefficient (Wildman–Crippen LogP) is 0.149. The van der Waals surface area contributed by atoms with Crippen LogP contribution < -0.4 is 5.73 Å². The smallest absolute Gasteiger partial charge is 0.238 e. The van der Waals surface area contributed by atoms with E-state index in [1.165, 1.54) is 0 Å². The maximum atomic E-state index is 11.8. The van der Waals surface area contributed by atoms with Crippen molar-refractivity contribution in [3.63, 3.8) is 0 Å². The van der Waals surface area contributed by atoms with Crippen molar-refractivity contribution in [1.82, 2.24) is 4.90 Å². The van der Waals surface area contributed by atoms with Gasteiger partial charge in [0.05, 0.1) is 5.75 Å². The van der Waals surface area contributed by atoms with Crippen LogP contribution in [0.15, 0.2) is 0 Å².